The van der Waals surface area contributed by atoms with Crippen molar-refractivity contribution in [1.29, 1.82) is 0 Å². The van der Waals surface area contributed by atoms with Crippen molar-refractivity contribution in [3.63, 3.8) is 0 Å². The number of hydrogen-bond acceptors (Lipinski definition) is 13. The number of methoxy groups -OCH3 is 2. The molecule has 14 nitrogen and oxygen atoms in total. The number of benzene rings is 2. The molecule has 210 valence electrons. The Morgan fingerprint density at radius 1 is 0.949 bits per heavy atom. The van der Waals surface area contributed by atoms with Crippen molar-refractivity contribution in [2.24, 2.45) is 5.10 Å². The number of nitro benzene ring substituents is 1. The van der Waals surface area contributed by atoms with Gasteiger partial charge < -0.3 is 14.4 Å². The molecule has 2 unspecified atom stereocenters. The van der Waals surface area contributed by atoms with E-state index in [1.807, 2.05) is 0 Å². The summed E-state index contributed by atoms with van der Waals surface area (Å²) in [6, 6.07) is 9.71. The Hall–Kier alpha value is -4.05. The van der Waals surface area contributed by atoms with Crippen LogP contribution in [0.2, 0.25) is 0 Å². The van der Waals surface area contributed by atoms with Crippen molar-refractivity contribution < 1.29 is 40.8 Å². The molecule has 1 aliphatic heterocycles. The summed E-state index contributed by atoms with van der Waals surface area (Å²) in [5.41, 5.74) is 2.49. The lowest BCUT2D eigenvalue weighted by molar-refractivity contribution is -0.384. The van der Waals surface area contributed by atoms with Crippen LogP contribution in [0.15, 0.2) is 47.6 Å². The van der Waals surface area contributed by atoms with Gasteiger partial charge in [-0.25, -0.2) is 16.8 Å². The van der Waals surface area contributed by atoms with Gasteiger partial charge in [-0.3, -0.25) is 25.1 Å². The first-order chi connectivity index (χ1) is 18.2. The first kappa shape index (κ1) is 29.5. The van der Waals surface area contributed by atoms with E-state index in [4.69, 9.17) is 9.47 Å². The average Bonchev–Trinajstić information content (AvgIpc) is 2.87. The number of nitrogens with zero attached hydrogens (tertiary/aromatic N) is 3. The lowest BCUT2D eigenvalue weighted by Gasteiger charge is -2.35. The van der Waals surface area contributed by atoms with E-state index >= 15 is 0 Å². The Bertz CT molecular complexity index is 1500. The third kappa shape index (κ3) is 5.42. The van der Waals surface area contributed by atoms with Crippen LogP contribution in [0.4, 0.5) is 17.1 Å². The predicted molar refractivity (Wildman–Crippen MR) is 142 cm³/mol. The highest BCUT2D eigenvalue weighted by atomic mass is 32.3. The number of anilines is 2. The molecule has 1 N–H and O–H groups in total. The lowest BCUT2D eigenvalue weighted by Crippen LogP contribution is -2.58. The SMILES string of the molecule is COC(=O)C1C(c2ccc(N(C)C)cc2)C(C(=O)OC)S(=O)(=O)C(=NNc2ccc(C)cc2[N+](=O)[O-])S1(=O)=O. The van der Waals surface area contributed by atoms with E-state index in [9.17, 15) is 36.5 Å². The van der Waals surface area contributed by atoms with E-state index in [0.717, 1.165) is 20.3 Å². The van der Waals surface area contributed by atoms with Gasteiger partial charge >= 0.3 is 11.9 Å². The van der Waals surface area contributed by atoms with Crippen LogP contribution in [0.3, 0.4) is 0 Å². The molecular weight excluding hydrogens is 556 g/mol. The summed E-state index contributed by atoms with van der Waals surface area (Å²) in [4.78, 5) is 38.2. The largest absolute Gasteiger partial charge is 0.468 e. The second kappa shape index (κ2) is 11.0. The minimum atomic E-state index is -5.16. The summed E-state index contributed by atoms with van der Waals surface area (Å²) < 4.78 is 62.6. The molecule has 0 aliphatic carbocycles. The number of hydrogen-bond donors (Lipinski definition) is 1. The highest BCUT2D eigenvalue weighted by Gasteiger charge is 2.63. The molecule has 0 radical (unpaired) electrons. The topological polar surface area (TPSA) is 192 Å². The standard InChI is InChI=1S/C23H26N4O10S2/c1-13-6-11-16(17(12-13)27(30)31)24-25-23-38(32,33)19(21(28)36-4)18(20(22(29)37-5)39(23,34)35)14-7-9-15(10-8-14)26(2)3/h6-12,18-20,24H,1-5H3. The minimum Gasteiger partial charge on any atom is -0.468 e. The van der Waals surface area contributed by atoms with Gasteiger partial charge in [-0.2, -0.15) is 5.10 Å². The van der Waals surface area contributed by atoms with E-state index in [0.29, 0.717) is 11.3 Å². The molecule has 1 heterocycles. The van der Waals surface area contributed by atoms with Crippen molar-refractivity contribution in [3.05, 3.63) is 63.7 Å². The number of rotatable bonds is 7. The van der Waals surface area contributed by atoms with Gasteiger partial charge in [0.05, 0.1) is 19.1 Å². The average molecular weight is 583 g/mol. The molecule has 3 rings (SSSR count). The molecule has 0 bridgehead atoms. The Kier molecular flexibility index (Phi) is 8.30. The molecule has 1 saturated heterocycles. The molecule has 16 heteroatoms. The Balaban J connectivity index is 2.29. The molecule has 2 aromatic carbocycles. The van der Waals surface area contributed by atoms with Crippen LogP contribution in [-0.4, -0.2) is 76.9 Å². The Morgan fingerprint density at radius 3 is 1.90 bits per heavy atom. The molecule has 0 spiro atoms. The fraction of sp³-hybridized carbons (Fsp3) is 0.348. The molecule has 2 atom stereocenters. The maximum atomic E-state index is 13.7. The Labute approximate surface area is 224 Å². The van der Waals surface area contributed by atoms with Gasteiger partial charge in [-0.15, -0.1) is 0 Å². The van der Waals surface area contributed by atoms with Gasteiger partial charge in [-0.1, -0.05) is 18.2 Å². The van der Waals surface area contributed by atoms with Crippen LogP contribution < -0.4 is 10.3 Å². The van der Waals surface area contributed by atoms with E-state index in [1.54, 1.807) is 38.1 Å². The van der Waals surface area contributed by atoms with Crippen LogP contribution in [0.25, 0.3) is 0 Å². The summed E-state index contributed by atoms with van der Waals surface area (Å²) in [6.45, 7) is 1.58. The third-order valence-corrected chi connectivity index (χ3v) is 10.9. The maximum Gasteiger partial charge on any atom is 0.325 e. The molecule has 2 aromatic rings. The smallest absolute Gasteiger partial charge is 0.325 e. The van der Waals surface area contributed by atoms with E-state index < -0.39 is 63.0 Å². The normalized spacial score (nSPS) is 21.4. The first-order valence-electron chi connectivity index (χ1n) is 11.2. The maximum absolute atomic E-state index is 13.7. The van der Waals surface area contributed by atoms with Gasteiger partial charge in [0.2, 0.25) is 19.7 Å². The van der Waals surface area contributed by atoms with Crippen molar-refractivity contribution in [2.75, 3.05) is 38.6 Å². The summed E-state index contributed by atoms with van der Waals surface area (Å²) in [5.74, 6) is -4.44. The number of hydrazone groups is 1. The summed E-state index contributed by atoms with van der Waals surface area (Å²) in [7, 11) is -5.01. The zero-order valence-corrected chi connectivity index (χ0v) is 23.1. The van der Waals surface area contributed by atoms with Crippen molar-refractivity contribution in [3.8, 4) is 0 Å². The molecule has 39 heavy (non-hydrogen) atoms. The summed E-state index contributed by atoms with van der Waals surface area (Å²) >= 11 is 0. The number of nitro groups is 1. The number of nitrogens with one attached hydrogen (secondary N) is 1. The monoisotopic (exact) mass is 582 g/mol. The third-order valence-electron chi connectivity index (χ3n) is 6.09. The van der Waals surface area contributed by atoms with Gasteiger partial charge in [0, 0.05) is 31.8 Å². The number of carbonyl (C=O) groups is 2. The summed E-state index contributed by atoms with van der Waals surface area (Å²) in [5, 5.41) is 10.5. The van der Waals surface area contributed by atoms with Gasteiger partial charge in [0.25, 0.3) is 10.1 Å². The molecule has 0 aromatic heterocycles. The van der Waals surface area contributed by atoms with Gasteiger partial charge in [0.15, 0.2) is 10.5 Å². The van der Waals surface area contributed by atoms with E-state index in [2.05, 4.69) is 10.5 Å². The quantitative estimate of drug-likeness (QED) is 0.280. The molecule has 0 amide bonds. The van der Waals surface area contributed by atoms with Crippen molar-refractivity contribution in [2.45, 2.75) is 23.3 Å². The molecule has 1 aliphatic rings. The number of aryl methyl sites for hydroxylation is 1. The highest BCUT2D eigenvalue weighted by molar-refractivity contribution is 8.32. The predicted octanol–water partition coefficient (Wildman–Crippen LogP) is 1.36. The molecule has 1 fully saturated rings. The van der Waals surface area contributed by atoms with Crippen LogP contribution in [-0.2, 0) is 38.7 Å². The zero-order valence-electron chi connectivity index (χ0n) is 21.5. The Morgan fingerprint density at radius 2 is 1.46 bits per heavy atom. The van der Waals surface area contributed by atoms with Gasteiger partial charge in [0.1, 0.15) is 5.69 Å². The summed E-state index contributed by atoms with van der Waals surface area (Å²) in [6.07, 6.45) is 0. The minimum absolute atomic E-state index is 0.0414. The van der Waals surface area contributed by atoms with Gasteiger partial charge in [-0.05, 0) is 36.2 Å². The number of carbonyl (C=O) groups excluding carboxylic acids is 2. The number of ether oxygens (including phenoxy) is 2. The number of esters is 2. The molecular formula is C23H26N4O10S2. The van der Waals surface area contributed by atoms with Crippen LogP contribution >= 0.6 is 0 Å². The van der Waals surface area contributed by atoms with Crippen molar-refractivity contribution >= 4 is 53.1 Å². The van der Waals surface area contributed by atoms with Crippen LogP contribution in [0.1, 0.15) is 17.0 Å². The van der Waals surface area contributed by atoms with Crippen molar-refractivity contribution in [1.82, 2.24) is 0 Å². The second-order valence-electron chi connectivity index (χ2n) is 8.76. The van der Waals surface area contributed by atoms with Crippen LogP contribution in [0, 0.1) is 17.0 Å². The second-order valence-corrected chi connectivity index (χ2v) is 13.0. The zero-order chi connectivity index (χ0) is 29.3. The molecule has 0 saturated carbocycles. The first-order valence-corrected chi connectivity index (χ1v) is 14.3. The lowest BCUT2D eigenvalue weighted by atomic mass is 9.91. The van der Waals surface area contributed by atoms with E-state index in [-0.39, 0.29) is 11.3 Å². The van der Waals surface area contributed by atoms with Crippen LogP contribution in [0.5, 0.6) is 0 Å². The van der Waals surface area contributed by atoms with E-state index in [1.165, 1.54) is 24.3 Å². The highest BCUT2D eigenvalue weighted by Crippen LogP contribution is 2.41. The fourth-order valence-corrected chi connectivity index (χ4v) is 9.06. The number of sulfone groups is 2. The fourth-order valence-electron chi connectivity index (χ4n) is 4.17.